The molecule has 140 valence electrons. The van der Waals surface area contributed by atoms with Crippen molar-refractivity contribution < 1.29 is 9.21 Å². The molecule has 5 heteroatoms. The molecule has 1 aromatic heterocycles. The summed E-state index contributed by atoms with van der Waals surface area (Å²) in [6, 6.07) is 21.6. The van der Waals surface area contributed by atoms with Gasteiger partial charge in [0.25, 0.3) is 0 Å². The van der Waals surface area contributed by atoms with E-state index >= 15 is 0 Å². The van der Waals surface area contributed by atoms with Gasteiger partial charge in [0.2, 0.25) is 5.91 Å². The molecular weight excluding hydrogens is 360 g/mol. The first-order chi connectivity index (χ1) is 13.2. The summed E-state index contributed by atoms with van der Waals surface area (Å²) < 4.78 is 5.45. The lowest BCUT2D eigenvalue weighted by atomic mass is 10.1. The fourth-order valence-corrected chi connectivity index (χ4v) is 3.14. The van der Waals surface area contributed by atoms with Crippen molar-refractivity contribution in [2.45, 2.75) is 19.5 Å². The molecule has 27 heavy (non-hydrogen) atoms. The molecule has 0 saturated carbocycles. The Morgan fingerprint density at radius 3 is 2.52 bits per heavy atom. The maximum atomic E-state index is 12.4. The number of hydrogen-bond acceptors (Lipinski definition) is 3. The van der Waals surface area contributed by atoms with Crippen LogP contribution in [0.3, 0.4) is 0 Å². The Balaban J connectivity index is 1.53. The van der Waals surface area contributed by atoms with Crippen molar-refractivity contribution in [2.24, 2.45) is 0 Å². The standard InChI is InChI=1S/C22H23ClN2O2/c23-20-9-4-8-18(14-20)11-12-24-22(26)17-25(16-21-10-5-13-27-21)15-19-6-2-1-3-7-19/h1-10,13-14H,11-12,15-17H2,(H,24,26). The molecule has 3 rings (SSSR count). The molecule has 0 saturated heterocycles. The van der Waals surface area contributed by atoms with Crippen LogP contribution in [0.5, 0.6) is 0 Å². The quantitative estimate of drug-likeness (QED) is 0.600. The van der Waals surface area contributed by atoms with Gasteiger partial charge < -0.3 is 9.73 Å². The predicted molar refractivity (Wildman–Crippen MR) is 107 cm³/mol. The van der Waals surface area contributed by atoms with Gasteiger partial charge in [0.15, 0.2) is 0 Å². The van der Waals surface area contributed by atoms with Crippen molar-refractivity contribution in [3.63, 3.8) is 0 Å². The topological polar surface area (TPSA) is 45.5 Å². The van der Waals surface area contributed by atoms with Gasteiger partial charge >= 0.3 is 0 Å². The van der Waals surface area contributed by atoms with Crippen LogP contribution in [0, 0.1) is 0 Å². The van der Waals surface area contributed by atoms with Crippen LogP contribution < -0.4 is 5.32 Å². The number of carbonyl (C=O) groups is 1. The number of benzene rings is 2. The predicted octanol–water partition coefficient (Wildman–Crippen LogP) is 4.29. The van der Waals surface area contributed by atoms with Crippen molar-refractivity contribution in [1.29, 1.82) is 0 Å². The van der Waals surface area contributed by atoms with Gasteiger partial charge in [0.05, 0.1) is 19.4 Å². The lowest BCUT2D eigenvalue weighted by molar-refractivity contribution is -0.122. The first-order valence-electron chi connectivity index (χ1n) is 8.99. The molecule has 3 aromatic rings. The Morgan fingerprint density at radius 1 is 0.963 bits per heavy atom. The van der Waals surface area contributed by atoms with Gasteiger partial charge in [-0.05, 0) is 41.8 Å². The summed E-state index contributed by atoms with van der Waals surface area (Å²) >= 11 is 6.00. The SMILES string of the molecule is O=C(CN(Cc1ccccc1)Cc1ccco1)NCCc1cccc(Cl)c1. The molecule has 0 fully saturated rings. The highest BCUT2D eigenvalue weighted by atomic mass is 35.5. The van der Waals surface area contributed by atoms with Crippen LogP contribution in [0.2, 0.25) is 5.02 Å². The Kier molecular flexibility index (Phi) is 7.08. The molecule has 0 radical (unpaired) electrons. The third kappa shape index (κ3) is 6.59. The molecule has 0 aliphatic carbocycles. The van der Waals surface area contributed by atoms with Gasteiger partial charge in [-0.2, -0.15) is 0 Å². The average molecular weight is 383 g/mol. The van der Waals surface area contributed by atoms with E-state index in [1.807, 2.05) is 54.6 Å². The number of furan rings is 1. The third-order valence-electron chi connectivity index (χ3n) is 4.20. The van der Waals surface area contributed by atoms with E-state index in [0.717, 1.165) is 23.3 Å². The minimum atomic E-state index is -0.000449. The summed E-state index contributed by atoms with van der Waals surface area (Å²) in [5, 5.41) is 3.71. The number of carbonyl (C=O) groups excluding carboxylic acids is 1. The van der Waals surface area contributed by atoms with Crippen LogP contribution in [-0.2, 0) is 24.3 Å². The van der Waals surface area contributed by atoms with Crippen LogP contribution >= 0.6 is 11.6 Å². The van der Waals surface area contributed by atoms with E-state index in [-0.39, 0.29) is 5.91 Å². The second-order valence-electron chi connectivity index (χ2n) is 6.44. The van der Waals surface area contributed by atoms with E-state index in [1.54, 1.807) is 6.26 Å². The van der Waals surface area contributed by atoms with Crippen LogP contribution in [0.25, 0.3) is 0 Å². The number of amides is 1. The summed E-state index contributed by atoms with van der Waals surface area (Å²) in [7, 11) is 0. The van der Waals surface area contributed by atoms with Crippen LogP contribution in [0.15, 0.2) is 77.4 Å². The van der Waals surface area contributed by atoms with Crippen molar-refractivity contribution in [2.75, 3.05) is 13.1 Å². The molecule has 0 spiro atoms. The number of nitrogens with one attached hydrogen (secondary N) is 1. The smallest absolute Gasteiger partial charge is 0.234 e. The van der Waals surface area contributed by atoms with Crippen LogP contribution in [0.1, 0.15) is 16.9 Å². The summed E-state index contributed by atoms with van der Waals surface area (Å²) in [6.45, 7) is 2.16. The second-order valence-corrected chi connectivity index (χ2v) is 6.88. The first kappa shape index (κ1) is 19.2. The Morgan fingerprint density at radius 2 is 1.78 bits per heavy atom. The van der Waals surface area contributed by atoms with E-state index in [2.05, 4.69) is 22.3 Å². The molecule has 1 amide bonds. The van der Waals surface area contributed by atoms with Crippen molar-refractivity contribution in [3.8, 4) is 0 Å². The Bertz CT molecular complexity index is 835. The van der Waals surface area contributed by atoms with Crippen LogP contribution in [-0.4, -0.2) is 23.9 Å². The van der Waals surface area contributed by atoms with Gasteiger partial charge in [0, 0.05) is 18.1 Å². The highest BCUT2D eigenvalue weighted by Crippen LogP contribution is 2.12. The van der Waals surface area contributed by atoms with Gasteiger partial charge in [0.1, 0.15) is 5.76 Å². The summed E-state index contributed by atoms with van der Waals surface area (Å²) in [4.78, 5) is 14.5. The minimum absolute atomic E-state index is 0.000449. The molecule has 0 aliphatic heterocycles. The van der Waals surface area contributed by atoms with Gasteiger partial charge in [-0.1, -0.05) is 54.1 Å². The lowest BCUT2D eigenvalue weighted by Crippen LogP contribution is -2.37. The molecule has 1 heterocycles. The van der Waals surface area contributed by atoms with Gasteiger partial charge in [-0.25, -0.2) is 0 Å². The molecule has 1 N–H and O–H groups in total. The van der Waals surface area contributed by atoms with E-state index < -0.39 is 0 Å². The van der Waals surface area contributed by atoms with Crippen molar-refractivity contribution in [1.82, 2.24) is 10.2 Å². The number of halogens is 1. The van der Waals surface area contributed by atoms with E-state index in [9.17, 15) is 4.79 Å². The van der Waals surface area contributed by atoms with Gasteiger partial charge in [-0.3, -0.25) is 9.69 Å². The lowest BCUT2D eigenvalue weighted by Gasteiger charge is -2.21. The van der Waals surface area contributed by atoms with E-state index in [4.69, 9.17) is 16.0 Å². The van der Waals surface area contributed by atoms with Gasteiger partial charge in [-0.15, -0.1) is 0 Å². The Labute approximate surface area is 164 Å². The molecule has 0 atom stereocenters. The molecule has 0 aliphatic rings. The van der Waals surface area contributed by atoms with E-state index in [0.29, 0.717) is 31.2 Å². The number of hydrogen-bond donors (Lipinski definition) is 1. The minimum Gasteiger partial charge on any atom is -0.468 e. The zero-order chi connectivity index (χ0) is 18.9. The molecule has 2 aromatic carbocycles. The third-order valence-corrected chi connectivity index (χ3v) is 4.44. The molecule has 4 nitrogen and oxygen atoms in total. The fraction of sp³-hybridized carbons (Fsp3) is 0.227. The molecule has 0 bridgehead atoms. The Hall–Kier alpha value is -2.56. The number of rotatable bonds is 9. The maximum absolute atomic E-state index is 12.4. The normalized spacial score (nSPS) is 10.9. The van der Waals surface area contributed by atoms with Crippen LogP contribution in [0.4, 0.5) is 0 Å². The molecular formula is C22H23ClN2O2. The highest BCUT2D eigenvalue weighted by molar-refractivity contribution is 6.30. The van der Waals surface area contributed by atoms with Crippen molar-refractivity contribution in [3.05, 3.63) is 94.9 Å². The summed E-state index contributed by atoms with van der Waals surface area (Å²) in [5.41, 5.74) is 2.27. The molecule has 0 unspecified atom stereocenters. The average Bonchev–Trinajstić information content (AvgIpc) is 3.15. The summed E-state index contributed by atoms with van der Waals surface area (Å²) in [6.07, 6.45) is 2.41. The maximum Gasteiger partial charge on any atom is 0.234 e. The monoisotopic (exact) mass is 382 g/mol. The van der Waals surface area contributed by atoms with E-state index in [1.165, 1.54) is 0 Å². The fourth-order valence-electron chi connectivity index (χ4n) is 2.93. The zero-order valence-corrected chi connectivity index (χ0v) is 15.9. The second kappa shape index (κ2) is 9.95. The summed E-state index contributed by atoms with van der Waals surface area (Å²) in [5.74, 6) is 0.845. The highest BCUT2D eigenvalue weighted by Gasteiger charge is 2.13. The number of nitrogens with zero attached hydrogens (tertiary/aromatic N) is 1. The largest absolute Gasteiger partial charge is 0.468 e. The van der Waals surface area contributed by atoms with Crippen molar-refractivity contribution >= 4 is 17.5 Å². The first-order valence-corrected chi connectivity index (χ1v) is 9.36. The zero-order valence-electron chi connectivity index (χ0n) is 15.1.